The van der Waals surface area contributed by atoms with E-state index in [1.54, 1.807) is 10.9 Å². The molecule has 0 aliphatic carbocycles. The first kappa shape index (κ1) is 13.1. The van der Waals surface area contributed by atoms with Gasteiger partial charge >= 0.3 is 0 Å². The lowest BCUT2D eigenvalue weighted by Crippen LogP contribution is -2.27. The average Bonchev–Trinajstić information content (AvgIpc) is 2.92. The van der Waals surface area contributed by atoms with Crippen molar-refractivity contribution in [2.75, 3.05) is 5.73 Å². The highest BCUT2D eigenvalue weighted by Crippen LogP contribution is 2.06. The lowest BCUT2D eigenvalue weighted by molar-refractivity contribution is -0.122. The second kappa shape index (κ2) is 5.55. The van der Waals surface area contributed by atoms with Crippen LogP contribution in [-0.2, 0) is 31.4 Å². The van der Waals surface area contributed by atoms with Gasteiger partial charge in [-0.2, -0.15) is 10.2 Å². The highest BCUT2D eigenvalue weighted by Gasteiger charge is 2.08. The third kappa shape index (κ3) is 3.34. The Morgan fingerprint density at radius 3 is 2.89 bits per heavy atom. The van der Waals surface area contributed by atoms with Crippen molar-refractivity contribution in [3.8, 4) is 0 Å². The Labute approximate surface area is 111 Å². The van der Waals surface area contributed by atoms with Crippen molar-refractivity contribution >= 4 is 11.6 Å². The smallest absolute Gasteiger partial charge is 0.242 e. The van der Waals surface area contributed by atoms with Crippen LogP contribution >= 0.6 is 0 Å². The number of nitrogens with one attached hydrogen (secondary N) is 1. The van der Waals surface area contributed by atoms with Gasteiger partial charge < -0.3 is 11.1 Å². The van der Waals surface area contributed by atoms with Crippen molar-refractivity contribution < 1.29 is 4.79 Å². The predicted molar refractivity (Wildman–Crippen MR) is 71.1 cm³/mol. The monoisotopic (exact) mass is 262 g/mol. The fraction of sp³-hybridized carbons (Fsp3) is 0.417. The number of nitrogens with two attached hydrogens (primary N) is 1. The number of aryl methyl sites for hydroxylation is 2. The molecule has 0 aromatic carbocycles. The molecule has 7 heteroatoms. The molecule has 2 rings (SSSR count). The number of rotatable bonds is 5. The molecule has 0 radical (unpaired) electrons. The van der Waals surface area contributed by atoms with Gasteiger partial charge in [-0.1, -0.05) is 6.92 Å². The van der Waals surface area contributed by atoms with E-state index in [1.165, 1.54) is 10.9 Å². The number of nitrogens with zero attached hydrogens (tertiary/aromatic N) is 4. The zero-order valence-electron chi connectivity index (χ0n) is 11.1. The number of anilines is 1. The molecule has 102 valence electrons. The molecule has 0 unspecified atom stereocenters. The van der Waals surface area contributed by atoms with E-state index < -0.39 is 0 Å². The maximum Gasteiger partial charge on any atom is 0.242 e. The number of carbonyl (C=O) groups excluding carboxylic acids is 1. The van der Waals surface area contributed by atoms with Gasteiger partial charge in [0.05, 0.1) is 17.6 Å². The Bertz CT molecular complexity index is 571. The van der Waals surface area contributed by atoms with Gasteiger partial charge in [0, 0.05) is 31.5 Å². The van der Waals surface area contributed by atoms with Gasteiger partial charge in [-0.05, 0) is 6.42 Å². The summed E-state index contributed by atoms with van der Waals surface area (Å²) >= 11 is 0. The molecule has 0 spiro atoms. The van der Waals surface area contributed by atoms with Crippen LogP contribution < -0.4 is 11.1 Å². The normalized spacial score (nSPS) is 10.6. The van der Waals surface area contributed by atoms with Crippen LogP contribution in [-0.4, -0.2) is 25.5 Å². The third-order valence-electron chi connectivity index (χ3n) is 2.76. The van der Waals surface area contributed by atoms with Crippen LogP contribution in [0.25, 0.3) is 0 Å². The van der Waals surface area contributed by atoms with Crippen molar-refractivity contribution in [1.29, 1.82) is 0 Å². The van der Waals surface area contributed by atoms with Crippen LogP contribution in [0.1, 0.15) is 18.2 Å². The van der Waals surface area contributed by atoms with Gasteiger partial charge in [0.25, 0.3) is 0 Å². The minimum absolute atomic E-state index is 0.103. The van der Waals surface area contributed by atoms with E-state index in [-0.39, 0.29) is 12.5 Å². The largest absolute Gasteiger partial charge is 0.396 e. The number of amides is 1. The van der Waals surface area contributed by atoms with E-state index in [2.05, 4.69) is 15.5 Å². The fourth-order valence-electron chi connectivity index (χ4n) is 1.89. The SMILES string of the molecule is CCc1nn(C)cc1CNC(=O)Cn1cc(N)cn1. The average molecular weight is 262 g/mol. The molecule has 2 heterocycles. The second-order valence-corrected chi connectivity index (χ2v) is 4.38. The lowest BCUT2D eigenvalue weighted by Gasteiger charge is -2.05. The summed E-state index contributed by atoms with van der Waals surface area (Å²) in [6.07, 6.45) is 5.91. The molecule has 2 aromatic heterocycles. The van der Waals surface area contributed by atoms with Crippen LogP contribution in [0.2, 0.25) is 0 Å². The van der Waals surface area contributed by atoms with Crippen LogP contribution in [0.4, 0.5) is 5.69 Å². The van der Waals surface area contributed by atoms with Crippen molar-refractivity contribution in [3.05, 3.63) is 29.8 Å². The molecule has 0 fully saturated rings. The van der Waals surface area contributed by atoms with Crippen LogP contribution in [0, 0.1) is 0 Å². The Hall–Kier alpha value is -2.31. The summed E-state index contributed by atoms with van der Waals surface area (Å²) in [6.45, 7) is 2.69. The molecular weight excluding hydrogens is 244 g/mol. The molecule has 0 saturated carbocycles. The summed E-state index contributed by atoms with van der Waals surface area (Å²) in [5.74, 6) is -0.103. The van der Waals surface area contributed by atoms with Crippen molar-refractivity contribution in [2.45, 2.75) is 26.4 Å². The zero-order valence-corrected chi connectivity index (χ0v) is 11.1. The summed E-state index contributed by atoms with van der Waals surface area (Å²) in [4.78, 5) is 11.8. The van der Waals surface area contributed by atoms with Crippen molar-refractivity contribution in [1.82, 2.24) is 24.9 Å². The number of carbonyl (C=O) groups is 1. The minimum Gasteiger partial charge on any atom is -0.396 e. The minimum atomic E-state index is -0.103. The first-order chi connectivity index (χ1) is 9.08. The Kier molecular flexibility index (Phi) is 3.84. The maximum absolute atomic E-state index is 11.8. The zero-order chi connectivity index (χ0) is 13.8. The Morgan fingerprint density at radius 2 is 2.26 bits per heavy atom. The highest BCUT2D eigenvalue weighted by atomic mass is 16.2. The van der Waals surface area contributed by atoms with Gasteiger partial charge in [0.2, 0.25) is 5.91 Å². The van der Waals surface area contributed by atoms with Gasteiger partial charge in [-0.3, -0.25) is 14.2 Å². The highest BCUT2D eigenvalue weighted by molar-refractivity contribution is 5.75. The van der Waals surface area contributed by atoms with E-state index in [4.69, 9.17) is 5.73 Å². The van der Waals surface area contributed by atoms with E-state index in [9.17, 15) is 4.79 Å². The lowest BCUT2D eigenvalue weighted by atomic mass is 10.2. The number of hydrogen-bond donors (Lipinski definition) is 2. The summed E-state index contributed by atoms with van der Waals surface area (Å²) in [5, 5.41) is 11.1. The van der Waals surface area contributed by atoms with E-state index in [1.807, 2.05) is 20.2 Å². The molecule has 0 saturated heterocycles. The van der Waals surface area contributed by atoms with Crippen LogP contribution in [0.15, 0.2) is 18.6 Å². The van der Waals surface area contributed by atoms with E-state index in [0.717, 1.165) is 17.7 Å². The first-order valence-corrected chi connectivity index (χ1v) is 6.14. The standard InChI is InChI=1S/C12H18N6O/c1-3-11-9(6-17(2)16-11)4-14-12(19)8-18-7-10(13)5-15-18/h5-7H,3-4,8,13H2,1-2H3,(H,14,19). The summed E-state index contributed by atoms with van der Waals surface area (Å²) < 4.78 is 3.27. The summed E-state index contributed by atoms with van der Waals surface area (Å²) in [5.41, 5.74) is 8.13. The molecule has 1 amide bonds. The molecule has 7 nitrogen and oxygen atoms in total. The Morgan fingerprint density at radius 1 is 1.47 bits per heavy atom. The number of aromatic nitrogens is 4. The van der Waals surface area contributed by atoms with Crippen molar-refractivity contribution in [2.24, 2.45) is 7.05 Å². The van der Waals surface area contributed by atoms with E-state index in [0.29, 0.717) is 12.2 Å². The van der Waals surface area contributed by atoms with Crippen molar-refractivity contribution in [3.63, 3.8) is 0 Å². The quantitative estimate of drug-likeness (QED) is 0.798. The summed E-state index contributed by atoms with van der Waals surface area (Å²) in [6, 6.07) is 0. The van der Waals surface area contributed by atoms with Gasteiger partial charge in [0.1, 0.15) is 6.54 Å². The van der Waals surface area contributed by atoms with Gasteiger partial charge in [-0.25, -0.2) is 0 Å². The Balaban J connectivity index is 1.89. The number of hydrogen-bond acceptors (Lipinski definition) is 4. The fourth-order valence-corrected chi connectivity index (χ4v) is 1.89. The molecule has 19 heavy (non-hydrogen) atoms. The van der Waals surface area contributed by atoms with Crippen LogP contribution in [0.3, 0.4) is 0 Å². The van der Waals surface area contributed by atoms with Gasteiger partial charge in [-0.15, -0.1) is 0 Å². The first-order valence-electron chi connectivity index (χ1n) is 6.14. The maximum atomic E-state index is 11.8. The topological polar surface area (TPSA) is 90.8 Å². The predicted octanol–water partition coefficient (Wildman–Crippen LogP) is 0.0776. The molecular formula is C12H18N6O. The third-order valence-corrected chi connectivity index (χ3v) is 2.76. The van der Waals surface area contributed by atoms with Gasteiger partial charge in [0.15, 0.2) is 0 Å². The summed E-state index contributed by atoms with van der Waals surface area (Å²) in [7, 11) is 1.87. The van der Waals surface area contributed by atoms with E-state index >= 15 is 0 Å². The number of nitrogen functional groups attached to an aromatic ring is 1. The van der Waals surface area contributed by atoms with Crippen LogP contribution in [0.5, 0.6) is 0 Å². The molecule has 0 bridgehead atoms. The molecule has 2 aromatic rings. The molecule has 3 N–H and O–H groups in total. The second-order valence-electron chi connectivity index (χ2n) is 4.38. The molecule has 0 aliphatic rings. The molecule has 0 aliphatic heterocycles. The molecule has 0 atom stereocenters.